The van der Waals surface area contributed by atoms with E-state index >= 15 is 0 Å². The van der Waals surface area contributed by atoms with Crippen molar-refractivity contribution in [3.63, 3.8) is 0 Å². The van der Waals surface area contributed by atoms with Crippen LogP contribution in [-0.4, -0.2) is 41.8 Å². The normalized spacial score (nSPS) is 12.6. The highest BCUT2D eigenvalue weighted by molar-refractivity contribution is 7.90. The summed E-state index contributed by atoms with van der Waals surface area (Å²) < 4.78 is 29.4. The maximum atomic E-state index is 11.9. The molecule has 9 nitrogen and oxygen atoms in total. The van der Waals surface area contributed by atoms with Gasteiger partial charge < -0.3 is 15.6 Å². The smallest absolute Gasteiger partial charge is 0.189 e. The number of pyridine rings is 1. The first-order valence-electron chi connectivity index (χ1n) is 10.2. The Balaban J connectivity index is 1.67. The molecule has 4 aromatic rings. The molecule has 33 heavy (non-hydrogen) atoms. The van der Waals surface area contributed by atoms with Gasteiger partial charge in [-0.25, -0.2) is 18.4 Å². The van der Waals surface area contributed by atoms with Crippen molar-refractivity contribution in [3.05, 3.63) is 66.1 Å². The lowest BCUT2D eigenvalue weighted by Crippen LogP contribution is -2.09. The minimum Gasteiger partial charge on any atom is -0.382 e. The summed E-state index contributed by atoms with van der Waals surface area (Å²) in [4.78, 5) is 13.1. The molecule has 1 unspecified atom stereocenters. The molecular formula is C23H24N6O3S. The average molecular weight is 465 g/mol. The van der Waals surface area contributed by atoms with Crippen LogP contribution in [0.2, 0.25) is 0 Å². The molecule has 0 radical (unpaired) electrons. The lowest BCUT2D eigenvalue weighted by molar-refractivity contribution is 0.434. The Bertz CT molecular complexity index is 1380. The third-order valence-electron chi connectivity index (χ3n) is 5.31. The van der Waals surface area contributed by atoms with Crippen molar-refractivity contribution >= 4 is 15.7 Å². The molecular weight excluding hydrogens is 440 g/mol. The van der Waals surface area contributed by atoms with Gasteiger partial charge in [0.1, 0.15) is 10.9 Å². The van der Waals surface area contributed by atoms with Crippen molar-refractivity contribution in [1.82, 2.24) is 25.4 Å². The fraction of sp³-hybridized carbons (Fsp3) is 0.217. The van der Waals surface area contributed by atoms with Crippen LogP contribution in [0.5, 0.6) is 0 Å². The van der Waals surface area contributed by atoms with Crippen LogP contribution in [0.4, 0.5) is 5.82 Å². The quantitative estimate of drug-likeness (QED) is 0.422. The minimum absolute atomic E-state index is 0.199. The Morgan fingerprint density at radius 3 is 2.52 bits per heavy atom. The molecule has 3 heterocycles. The molecule has 0 spiro atoms. The van der Waals surface area contributed by atoms with E-state index in [1.165, 1.54) is 12.5 Å². The van der Waals surface area contributed by atoms with Crippen LogP contribution in [0.1, 0.15) is 23.4 Å². The third-order valence-corrected chi connectivity index (χ3v) is 6.84. The Kier molecular flexibility index (Phi) is 6.21. The highest BCUT2D eigenvalue weighted by Crippen LogP contribution is 2.30. The van der Waals surface area contributed by atoms with Crippen molar-refractivity contribution in [2.45, 2.75) is 18.7 Å². The lowest BCUT2D eigenvalue weighted by Gasteiger charge is -2.10. The minimum atomic E-state index is -3.29. The first-order valence-corrected chi connectivity index (χ1v) is 12.2. The van der Waals surface area contributed by atoms with E-state index in [0.29, 0.717) is 34.1 Å². The molecule has 0 aliphatic rings. The van der Waals surface area contributed by atoms with E-state index in [1.54, 1.807) is 31.3 Å². The summed E-state index contributed by atoms with van der Waals surface area (Å²) in [5, 5.41) is 6.53. The number of hydrogen-bond donors (Lipinski definition) is 2. The van der Waals surface area contributed by atoms with Crippen LogP contribution in [0, 0.1) is 0 Å². The van der Waals surface area contributed by atoms with Gasteiger partial charge >= 0.3 is 0 Å². The van der Waals surface area contributed by atoms with Gasteiger partial charge in [-0.15, -0.1) is 0 Å². The van der Waals surface area contributed by atoms with Crippen molar-refractivity contribution in [2.24, 2.45) is 0 Å². The summed E-state index contributed by atoms with van der Waals surface area (Å²) in [6.07, 6.45) is 4.26. The van der Waals surface area contributed by atoms with Crippen LogP contribution in [0.3, 0.4) is 0 Å². The number of rotatable bonds is 7. The van der Waals surface area contributed by atoms with Crippen molar-refractivity contribution in [2.75, 3.05) is 19.0 Å². The summed E-state index contributed by atoms with van der Waals surface area (Å²) in [6, 6.07) is 13.2. The van der Waals surface area contributed by atoms with E-state index in [0.717, 1.165) is 17.7 Å². The van der Waals surface area contributed by atoms with Crippen molar-refractivity contribution in [1.29, 1.82) is 0 Å². The van der Waals surface area contributed by atoms with Gasteiger partial charge in [-0.1, -0.05) is 29.4 Å². The molecule has 0 saturated heterocycles. The molecule has 0 amide bonds. The topological polar surface area (TPSA) is 137 Å². The second kappa shape index (κ2) is 9.08. The molecule has 0 aliphatic carbocycles. The third kappa shape index (κ3) is 4.91. The summed E-state index contributed by atoms with van der Waals surface area (Å²) in [5.74, 6) is 0.583. The highest BCUT2D eigenvalue weighted by atomic mass is 32.2. The van der Waals surface area contributed by atoms with Gasteiger partial charge in [-0.05, 0) is 31.7 Å². The van der Waals surface area contributed by atoms with Crippen LogP contribution >= 0.6 is 0 Å². The fourth-order valence-electron chi connectivity index (χ4n) is 3.29. The molecule has 3 aromatic heterocycles. The largest absolute Gasteiger partial charge is 0.382 e. The van der Waals surface area contributed by atoms with E-state index in [4.69, 9.17) is 10.3 Å². The number of nitrogens with zero attached hydrogens (tertiary/aromatic N) is 4. The number of sulfone groups is 1. The van der Waals surface area contributed by atoms with Crippen molar-refractivity contribution < 1.29 is 12.9 Å². The molecule has 1 aromatic carbocycles. The summed E-state index contributed by atoms with van der Waals surface area (Å²) in [5.41, 5.74) is 10.8. The molecule has 10 heteroatoms. The summed E-state index contributed by atoms with van der Waals surface area (Å²) >= 11 is 0. The first kappa shape index (κ1) is 22.6. The van der Waals surface area contributed by atoms with Gasteiger partial charge in [0, 0.05) is 36.2 Å². The van der Waals surface area contributed by atoms with Gasteiger partial charge in [-0.2, -0.15) is 0 Å². The second-order valence-electron chi connectivity index (χ2n) is 7.73. The van der Waals surface area contributed by atoms with E-state index in [9.17, 15) is 8.42 Å². The standard InChI is InChI=1S/C23H24N6O3S/c1-14(33(3,30)31)18-10-17(8-9-26-18)20-13-27-23(24)22(28-20)21-11-19(29-32-21)16-6-4-15(5-7-16)12-25-2/h4-11,13-14,25H,12H2,1-3H3,(H2,24,27). The SMILES string of the molecule is CNCc1ccc(-c2cc(-c3nc(-c4ccnc(C(C)S(C)(=O)=O)c4)cnc3N)on2)cc1. The predicted octanol–water partition coefficient (Wildman–Crippen LogP) is 3.27. The summed E-state index contributed by atoms with van der Waals surface area (Å²) in [6.45, 7) is 2.38. The van der Waals surface area contributed by atoms with Gasteiger partial charge in [0.25, 0.3) is 0 Å². The monoisotopic (exact) mass is 464 g/mol. The number of benzene rings is 1. The number of nitrogens with one attached hydrogen (secondary N) is 1. The predicted molar refractivity (Wildman–Crippen MR) is 127 cm³/mol. The molecule has 4 rings (SSSR count). The Hall–Kier alpha value is -3.63. The number of aromatic nitrogens is 4. The van der Waals surface area contributed by atoms with Crippen LogP contribution < -0.4 is 11.1 Å². The summed E-state index contributed by atoms with van der Waals surface area (Å²) in [7, 11) is -1.39. The Morgan fingerprint density at radius 1 is 1.06 bits per heavy atom. The van der Waals surface area contributed by atoms with Gasteiger partial charge in [0.05, 0.1) is 17.6 Å². The molecule has 170 valence electrons. The van der Waals surface area contributed by atoms with E-state index in [-0.39, 0.29) is 5.82 Å². The van der Waals surface area contributed by atoms with Gasteiger partial charge in [0.15, 0.2) is 27.1 Å². The molecule has 0 fully saturated rings. The molecule has 0 bridgehead atoms. The zero-order valence-electron chi connectivity index (χ0n) is 18.5. The van der Waals surface area contributed by atoms with Crippen LogP contribution in [-0.2, 0) is 16.4 Å². The average Bonchev–Trinajstić information content (AvgIpc) is 3.29. The fourth-order valence-corrected chi connectivity index (χ4v) is 3.86. The number of anilines is 1. The number of nitrogens with two attached hydrogens (primary N) is 1. The number of nitrogen functional groups attached to an aromatic ring is 1. The van der Waals surface area contributed by atoms with E-state index in [2.05, 4.69) is 25.4 Å². The van der Waals surface area contributed by atoms with Crippen LogP contribution in [0.25, 0.3) is 34.0 Å². The molecule has 0 saturated carbocycles. The Labute approximate surface area is 192 Å². The van der Waals surface area contributed by atoms with Crippen molar-refractivity contribution in [3.8, 4) is 34.0 Å². The second-order valence-corrected chi connectivity index (χ2v) is 10.1. The van der Waals surface area contributed by atoms with E-state index < -0.39 is 15.1 Å². The lowest BCUT2D eigenvalue weighted by atomic mass is 10.1. The maximum absolute atomic E-state index is 11.9. The van der Waals surface area contributed by atoms with Gasteiger partial charge in [-0.3, -0.25) is 4.98 Å². The van der Waals surface area contributed by atoms with E-state index in [1.807, 2.05) is 31.3 Å². The molecule has 1 atom stereocenters. The zero-order valence-corrected chi connectivity index (χ0v) is 19.3. The van der Waals surface area contributed by atoms with Crippen LogP contribution in [0.15, 0.2) is 59.4 Å². The molecule has 0 aliphatic heterocycles. The maximum Gasteiger partial charge on any atom is 0.189 e. The number of hydrogen-bond acceptors (Lipinski definition) is 9. The highest BCUT2D eigenvalue weighted by Gasteiger charge is 2.20. The first-order chi connectivity index (χ1) is 15.8. The van der Waals surface area contributed by atoms with Gasteiger partial charge in [0.2, 0.25) is 0 Å². The molecule has 3 N–H and O–H groups in total. The zero-order chi connectivity index (χ0) is 23.6. The Morgan fingerprint density at radius 2 is 1.82 bits per heavy atom.